The lowest BCUT2D eigenvalue weighted by Crippen LogP contribution is -2.40. The fraction of sp³-hybridized carbons (Fsp3) is 0.700. The number of likely N-dealkylation sites (tertiary alicyclic amines) is 2. The first kappa shape index (κ1) is 23.5. The lowest BCUT2D eigenvalue weighted by atomic mass is 10.1. The van der Waals surface area contributed by atoms with E-state index in [9.17, 15) is 28.8 Å². The van der Waals surface area contributed by atoms with E-state index in [1.54, 1.807) is 0 Å². The molecule has 0 radical (unpaired) electrons. The summed E-state index contributed by atoms with van der Waals surface area (Å²) in [6.45, 7) is 1.91. The molecule has 3 N–H and O–H groups in total. The predicted octanol–water partition coefficient (Wildman–Crippen LogP) is -2.78. The van der Waals surface area contributed by atoms with Gasteiger partial charge in [0.15, 0.2) is 0 Å². The van der Waals surface area contributed by atoms with Crippen LogP contribution in [-0.4, -0.2) is 98.2 Å². The maximum absolute atomic E-state index is 12.4. The molecular weight excluding hydrogens is 422 g/mol. The molecule has 3 aliphatic heterocycles. The summed E-state index contributed by atoms with van der Waals surface area (Å²) in [6.07, 6.45) is 0.369. The Labute approximate surface area is 185 Å². The number of ether oxygens (including phenoxy) is 1. The Kier molecular flexibility index (Phi) is 7.65. The van der Waals surface area contributed by atoms with Gasteiger partial charge in [0.2, 0.25) is 29.5 Å². The van der Waals surface area contributed by atoms with Crippen LogP contribution in [0.4, 0.5) is 0 Å². The summed E-state index contributed by atoms with van der Waals surface area (Å²) >= 11 is 0. The third-order valence-corrected chi connectivity index (χ3v) is 6.04. The van der Waals surface area contributed by atoms with Crippen LogP contribution in [0.15, 0.2) is 0 Å². The lowest BCUT2D eigenvalue weighted by molar-refractivity contribution is -0.145. The molecule has 3 aliphatic rings. The standard InChI is InChI=1S/C20H29N5O7/c1-32-20(31)14-8-17(28)25(11-14)5-3-22-19(30)13-7-16(27)24(10-13)4-2-21-18(29)12-6-15(26)23-9-12/h12-14H,2-11H2,1H3,(H,21,29)(H,22,30)(H,23,26). The minimum absolute atomic E-state index is 0.0912. The van der Waals surface area contributed by atoms with Gasteiger partial charge in [-0.1, -0.05) is 0 Å². The molecular formula is C20H29N5O7. The molecule has 0 saturated carbocycles. The maximum Gasteiger partial charge on any atom is 0.310 e. The second kappa shape index (κ2) is 10.4. The smallest absolute Gasteiger partial charge is 0.310 e. The van der Waals surface area contributed by atoms with Crippen molar-refractivity contribution in [3.63, 3.8) is 0 Å². The van der Waals surface area contributed by atoms with E-state index in [4.69, 9.17) is 0 Å². The third kappa shape index (κ3) is 5.74. The Morgan fingerprint density at radius 3 is 1.94 bits per heavy atom. The Morgan fingerprint density at radius 2 is 1.41 bits per heavy atom. The second-order valence-electron chi connectivity index (χ2n) is 8.29. The molecule has 0 aliphatic carbocycles. The van der Waals surface area contributed by atoms with Crippen LogP contribution >= 0.6 is 0 Å². The highest BCUT2D eigenvalue weighted by molar-refractivity contribution is 5.90. The third-order valence-electron chi connectivity index (χ3n) is 6.04. The molecule has 0 aromatic carbocycles. The molecule has 3 heterocycles. The monoisotopic (exact) mass is 451 g/mol. The van der Waals surface area contributed by atoms with Crippen LogP contribution in [0.3, 0.4) is 0 Å². The highest BCUT2D eigenvalue weighted by Crippen LogP contribution is 2.19. The SMILES string of the molecule is COC(=O)C1CC(=O)N(CCNC(=O)C2CC(=O)N(CCNC(=O)C3CNC(=O)C3)C2)C1. The van der Waals surface area contributed by atoms with Gasteiger partial charge in [0.05, 0.1) is 24.9 Å². The number of nitrogens with zero attached hydrogens (tertiary/aromatic N) is 2. The molecule has 12 heteroatoms. The largest absolute Gasteiger partial charge is 0.469 e. The first-order chi connectivity index (χ1) is 15.3. The van der Waals surface area contributed by atoms with Crippen molar-refractivity contribution in [1.82, 2.24) is 25.8 Å². The summed E-state index contributed by atoms with van der Waals surface area (Å²) in [4.78, 5) is 74.4. The van der Waals surface area contributed by atoms with Gasteiger partial charge in [-0.15, -0.1) is 0 Å². The minimum Gasteiger partial charge on any atom is -0.469 e. The van der Waals surface area contributed by atoms with Crippen molar-refractivity contribution in [1.29, 1.82) is 0 Å². The van der Waals surface area contributed by atoms with Crippen molar-refractivity contribution in [2.24, 2.45) is 17.8 Å². The molecule has 176 valence electrons. The molecule has 5 amide bonds. The molecule has 0 aromatic rings. The van der Waals surface area contributed by atoms with Crippen LogP contribution in [0, 0.1) is 17.8 Å². The van der Waals surface area contributed by atoms with Gasteiger partial charge in [-0.05, 0) is 0 Å². The average molecular weight is 451 g/mol. The second-order valence-corrected chi connectivity index (χ2v) is 8.29. The summed E-state index contributed by atoms with van der Waals surface area (Å²) in [5, 5.41) is 8.08. The Morgan fingerprint density at radius 1 is 0.875 bits per heavy atom. The fourth-order valence-electron chi connectivity index (χ4n) is 4.18. The van der Waals surface area contributed by atoms with Gasteiger partial charge in [0, 0.05) is 65.1 Å². The summed E-state index contributed by atoms with van der Waals surface area (Å²) in [5.41, 5.74) is 0. The number of methoxy groups -OCH3 is 1. The molecule has 3 fully saturated rings. The number of amides is 5. The highest BCUT2D eigenvalue weighted by atomic mass is 16.5. The molecule has 0 bridgehead atoms. The molecule has 3 atom stereocenters. The van der Waals surface area contributed by atoms with Gasteiger partial charge in [-0.2, -0.15) is 0 Å². The van der Waals surface area contributed by atoms with Gasteiger partial charge in [0.25, 0.3) is 0 Å². The number of carbonyl (C=O) groups excluding carboxylic acids is 6. The predicted molar refractivity (Wildman–Crippen MR) is 109 cm³/mol. The molecule has 0 aromatic heterocycles. The van der Waals surface area contributed by atoms with Gasteiger partial charge in [0.1, 0.15) is 0 Å². The Hall–Kier alpha value is -3.18. The number of hydrogen-bond acceptors (Lipinski definition) is 7. The molecule has 3 unspecified atom stereocenters. The van der Waals surface area contributed by atoms with Gasteiger partial charge in [-0.3, -0.25) is 28.8 Å². The van der Waals surface area contributed by atoms with E-state index < -0.39 is 17.8 Å². The van der Waals surface area contributed by atoms with Crippen molar-refractivity contribution in [3.05, 3.63) is 0 Å². The number of hydrogen-bond donors (Lipinski definition) is 3. The van der Waals surface area contributed by atoms with E-state index in [1.165, 1.54) is 16.9 Å². The fourth-order valence-corrected chi connectivity index (χ4v) is 4.18. The Balaban J connectivity index is 1.34. The van der Waals surface area contributed by atoms with Crippen LogP contribution in [0.25, 0.3) is 0 Å². The summed E-state index contributed by atoms with van der Waals surface area (Å²) < 4.78 is 4.67. The number of nitrogens with one attached hydrogen (secondary N) is 3. The zero-order valence-electron chi connectivity index (χ0n) is 18.1. The summed E-state index contributed by atoms with van der Waals surface area (Å²) in [7, 11) is 1.28. The zero-order chi connectivity index (χ0) is 23.3. The van der Waals surface area contributed by atoms with Crippen molar-refractivity contribution in [2.75, 3.05) is 52.9 Å². The van der Waals surface area contributed by atoms with Gasteiger partial charge in [-0.25, -0.2) is 0 Å². The first-order valence-corrected chi connectivity index (χ1v) is 10.7. The van der Waals surface area contributed by atoms with Crippen LogP contribution in [0.1, 0.15) is 19.3 Å². The lowest BCUT2D eigenvalue weighted by Gasteiger charge is -2.19. The minimum atomic E-state index is -0.494. The quantitative estimate of drug-likeness (QED) is 0.321. The van der Waals surface area contributed by atoms with Crippen LogP contribution in [-0.2, 0) is 33.5 Å². The molecule has 12 nitrogen and oxygen atoms in total. The van der Waals surface area contributed by atoms with Crippen LogP contribution < -0.4 is 16.0 Å². The van der Waals surface area contributed by atoms with Crippen molar-refractivity contribution in [3.8, 4) is 0 Å². The zero-order valence-corrected chi connectivity index (χ0v) is 18.1. The van der Waals surface area contributed by atoms with Crippen molar-refractivity contribution in [2.45, 2.75) is 19.3 Å². The van der Waals surface area contributed by atoms with Crippen molar-refractivity contribution >= 4 is 35.5 Å². The summed E-state index contributed by atoms with van der Waals surface area (Å²) in [5.74, 6) is -2.73. The van der Waals surface area contributed by atoms with Gasteiger partial charge < -0.3 is 30.5 Å². The first-order valence-electron chi connectivity index (χ1n) is 10.7. The molecule has 3 rings (SSSR count). The number of carbonyl (C=O) groups is 6. The topological polar surface area (TPSA) is 154 Å². The van der Waals surface area contributed by atoms with E-state index >= 15 is 0 Å². The van der Waals surface area contributed by atoms with E-state index in [0.717, 1.165) is 0 Å². The Bertz CT molecular complexity index is 801. The van der Waals surface area contributed by atoms with E-state index in [0.29, 0.717) is 13.1 Å². The van der Waals surface area contributed by atoms with Crippen LogP contribution in [0.2, 0.25) is 0 Å². The molecule has 32 heavy (non-hydrogen) atoms. The summed E-state index contributed by atoms with van der Waals surface area (Å²) in [6, 6.07) is 0. The number of rotatable bonds is 9. The van der Waals surface area contributed by atoms with Crippen molar-refractivity contribution < 1.29 is 33.5 Å². The van der Waals surface area contributed by atoms with Gasteiger partial charge >= 0.3 is 5.97 Å². The maximum atomic E-state index is 12.4. The van der Waals surface area contributed by atoms with E-state index in [1.807, 2.05) is 0 Å². The molecule has 3 saturated heterocycles. The average Bonchev–Trinajstić information content (AvgIpc) is 3.46. The van der Waals surface area contributed by atoms with Crippen LogP contribution in [0.5, 0.6) is 0 Å². The normalized spacial score (nSPS) is 25.2. The van der Waals surface area contributed by atoms with E-state index in [-0.39, 0.29) is 87.4 Å². The number of esters is 1. The van der Waals surface area contributed by atoms with E-state index in [2.05, 4.69) is 20.7 Å². The highest BCUT2D eigenvalue weighted by Gasteiger charge is 2.36. The molecule has 0 spiro atoms.